The molecule has 1 rings (SSSR count). The molecule has 1 unspecified atom stereocenters. The van der Waals surface area contributed by atoms with Crippen molar-refractivity contribution in [3.8, 4) is 0 Å². The van der Waals surface area contributed by atoms with Gasteiger partial charge in [-0.15, -0.1) is 0 Å². The van der Waals surface area contributed by atoms with Gasteiger partial charge in [-0.05, 0) is 25.1 Å². The fourth-order valence-electron chi connectivity index (χ4n) is 1.59. The molecule has 114 valence electrons. The highest BCUT2D eigenvalue weighted by Crippen LogP contribution is 2.23. The van der Waals surface area contributed by atoms with Crippen LogP contribution in [-0.4, -0.2) is 34.6 Å². The van der Waals surface area contributed by atoms with E-state index in [4.69, 9.17) is 33.4 Å². The molecule has 21 heavy (non-hydrogen) atoms. The lowest BCUT2D eigenvalue weighted by atomic mass is 9.86. The predicted molar refractivity (Wildman–Crippen MR) is 76.8 cm³/mol. The van der Waals surface area contributed by atoms with Crippen LogP contribution in [0.25, 0.3) is 0 Å². The van der Waals surface area contributed by atoms with Gasteiger partial charge in [0, 0.05) is 11.6 Å². The highest BCUT2D eigenvalue weighted by molar-refractivity contribution is 6.36. The summed E-state index contributed by atoms with van der Waals surface area (Å²) in [5.74, 6) is -3.18. The number of nitrogens with one attached hydrogen (secondary N) is 1. The van der Waals surface area contributed by atoms with Crippen molar-refractivity contribution in [3.05, 3.63) is 33.8 Å². The predicted octanol–water partition coefficient (Wildman–Crippen LogP) is 2.29. The summed E-state index contributed by atoms with van der Waals surface area (Å²) in [5.41, 5.74) is -1.48. The van der Waals surface area contributed by atoms with Crippen LogP contribution in [-0.2, 0) is 9.59 Å². The molecule has 8 heteroatoms. The zero-order valence-electron chi connectivity index (χ0n) is 11.0. The molecule has 0 saturated carbocycles. The quantitative estimate of drug-likeness (QED) is 0.740. The molecule has 1 aromatic carbocycles. The van der Waals surface area contributed by atoms with E-state index in [1.54, 1.807) is 0 Å². The molecule has 0 bridgehead atoms. The summed E-state index contributed by atoms with van der Waals surface area (Å²) in [6.07, 6.45) is -0.614. The van der Waals surface area contributed by atoms with Crippen LogP contribution in [0.5, 0.6) is 0 Å². The van der Waals surface area contributed by atoms with Gasteiger partial charge in [0.1, 0.15) is 0 Å². The first kappa shape index (κ1) is 17.3. The van der Waals surface area contributed by atoms with Gasteiger partial charge in [0.05, 0.1) is 22.4 Å². The topological polar surface area (TPSA) is 104 Å². The van der Waals surface area contributed by atoms with Crippen LogP contribution >= 0.6 is 23.2 Å². The molecule has 1 amide bonds. The molecule has 1 atom stereocenters. The van der Waals surface area contributed by atoms with Crippen LogP contribution in [0.1, 0.15) is 23.7 Å². The molecule has 0 saturated heterocycles. The second-order valence-electron chi connectivity index (χ2n) is 4.74. The summed E-state index contributed by atoms with van der Waals surface area (Å²) in [7, 11) is 0. The Morgan fingerprint density at radius 1 is 1.24 bits per heavy atom. The Morgan fingerprint density at radius 2 is 1.86 bits per heavy atom. The summed E-state index contributed by atoms with van der Waals surface area (Å²) in [6.45, 7) is 0.902. The Balaban J connectivity index is 2.83. The third kappa shape index (κ3) is 4.61. The van der Waals surface area contributed by atoms with Gasteiger partial charge in [0.25, 0.3) is 5.91 Å². The lowest BCUT2D eigenvalue weighted by Crippen LogP contribution is -2.42. The van der Waals surface area contributed by atoms with Crippen molar-refractivity contribution >= 4 is 41.0 Å². The fraction of sp³-hybridized carbons (Fsp3) is 0.308. The Hall–Kier alpha value is -1.79. The van der Waals surface area contributed by atoms with E-state index in [0.29, 0.717) is 5.02 Å². The minimum Gasteiger partial charge on any atom is -0.481 e. The lowest BCUT2D eigenvalue weighted by Gasteiger charge is -2.23. The normalized spacial score (nSPS) is 13.3. The number of hydrogen-bond acceptors (Lipinski definition) is 3. The number of carboxylic acids is 2. The van der Waals surface area contributed by atoms with Crippen LogP contribution in [0.2, 0.25) is 10.0 Å². The Labute approximate surface area is 130 Å². The number of carboxylic acid groups (broad SMARTS) is 2. The van der Waals surface area contributed by atoms with E-state index in [-0.39, 0.29) is 17.1 Å². The number of hydrogen-bond donors (Lipinski definition) is 3. The molecule has 0 fully saturated rings. The van der Waals surface area contributed by atoms with Gasteiger partial charge in [-0.3, -0.25) is 14.4 Å². The monoisotopic (exact) mass is 333 g/mol. The molecule has 0 radical (unpaired) electrons. The van der Waals surface area contributed by atoms with Gasteiger partial charge < -0.3 is 15.5 Å². The van der Waals surface area contributed by atoms with E-state index in [2.05, 4.69) is 5.32 Å². The molecule has 0 aromatic heterocycles. The van der Waals surface area contributed by atoms with Gasteiger partial charge in [0.2, 0.25) is 0 Å². The molecule has 6 nitrogen and oxygen atoms in total. The molecule has 0 aliphatic rings. The first-order chi connectivity index (χ1) is 9.65. The maximum absolute atomic E-state index is 12.0. The van der Waals surface area contributed by atoms with Crippen LogP contribution in [0.15, 0.2) is 18.2 Å². The second kappa shape index (κ2) is 6.78. The van der Waals surface area contributed by atoms with Crippen LogP contribution < -0.4 is 5.32 Å². The summed E-state index contributed by atoms with van der Waals surface area (Å²) >= 11 is 11.6. The molecule has 0 aliphatic heterocycles. The summed E-state index contributed by atoms with van der Waals surface area (Å²) in [6, 6.07) is 4.25. The van der Waals surface area contributed by atoms with Gasteiger partial charge >= 0.3 is 11.9 Å². The largest absolute Gasteiger partial charge is 0.481 e. The Morgan fingerprint density at radius 3 is 2.33 bits per heavy atom. The van der Waals surface area contributed by atoms with Gasteiger partial charge in [-0.2, -0.15) is 0 Å². The zero-order valence-corrected chi connectivity index (χ0v) is 12.5. The SMILES string of the molecule is CC(CNC(=O)c1ccc(Cl)cc1Cl)(CC(=O)O)C(=O)O. The van der Waals surface area contributed by atoms with Crippen LogP contribution in [0, 0.1) is 5.41 Å². The molecular formula is C13H13Cl2NO5. The van der Waals surface area contributed by atoms with Gasteiger partial charge in [-0.1, -0.05) is 23.2 Å². The molecule has 0 aliphatic carbocycles. The van der Waals surface area contributed by atoms with E-state index in [0.717, 1.165) is 0 Å². The van der Waals surface area contributed by atoms with Crippen molar-refractivity contribution < 1.29 is 24.6 Å². The highest BCUT2D eigenvalue weighted by Gasteiger charge is 2.36. The molecule has 1 aromatic rings. The minimum atomic E-state index is -1.61. The zero-order chi connectivity index (χ0) is 16.2. The Kier molecular flexibility index (Phi) is 5.57. The lowest BCUT2D eigenvalue weighted by molar-refractivity contribution is -0.154. The van der Waals surface area contributed by atoms with Crippen molar-refractivity contribution in [2.24, 2.45) is 5.41 Å². The number of carbonyl (C=O) groups excluding carboxylic acids is 1. The van der Waals surface area contributed by atoms with Crippen molar-refractivity contribution in [1.29, 1.82) is 0 Å². The fourth-order valence-corrected chi connectivity index (χ4v) is 2.09. The maximum atomic E-state index is 12.0. The molecule has 3 N–H and O–H groups in total. The van der Waals surface area contributed by atoms with E-state index < -0.39 is 29.7 Å². The molecule has 0 spiro atoms. The maximum Gasteiger partial charge on any atom is 0.311 e. The molecule has 0 heterocycles. The number of rotatable bonds is 6. The van der Waals surface area contributed by atoms with Crippen molar-refractivity contribution in [2.75, 3.05) is 6.54 Å². The van der Waals surface area contributed by atoms with Crippen molar-refractivity contribution in [3.63, 3.8) is 0 Å². The van der Waals surface area contributed by atoms with E-state index in [1.807, 2.05) is 0 Å². The average molecular weight is 334 g/mol. The second-order valence-corrected chi connectivity index (χ2v) is 5.59. The third-order valence-corrected chi connectivity index (χ3v) is 3.42. The average Bonchev–Trinajstić information content (AvgIpc) is 2.35. The van der Waals surface area contributed by atoms with Crippen molar-refractivity contribution in [1.82, 2.24) is 5.32 Å². The number of benzene rings is 1. The standard InChI is InChI=1S/C13H13Cl2NO5/c1-13(12(20)21,5-10(17)18)6-16-11(19)8-3-2-7(14)4-9(8)15/h2-4H,5-6H2,1H3,(H,16,19)(H,17,18)(H,20,21). The minimum absolute atomic E-state index is 0.121. The van der Waals surface area contributed by atoms with Crippen molar-refractivity contribution in [2.45, 2.75) is 13.3 Å². The number of aliphatic carboxylic acids is 2. The summed E-state index contributed by atoms with van der Waals surface area (Å²) < 4.78 is 0. The smallest absolute Gasteiger partial charge is 0.311 e. The van der Waals surface area contributed by atoms with E-state index in [1.165, 1.54) is 25.1 Å². The number of carbonyl (C=O) groups is 3. The van der Waals surface area contributed by atoms with Crippen LogP contribution in [0.4, 0.5) is 0 Å². The Bertz CT molecular complexity index is 590. The van der Waals surface area contributed by atoms with E-state index in [9.17, 15) is 14.4 Å². The first-order valence-electron chi connectivity index (χ1n) is 5.84. The molecular weight excluding hydrogens is 321 g/mol. The first-order valence-corrected chi connectivity index (χ1v) is 6.60. The highest BCUT2D eigenvalue weighted by atomic mass is 35.5. The van der Waals surface area contributed by atoms with Gasteiger partial charge in [-0.25, -0.2) is 0 Å². The summed E-state index contributed by atoms with van der Waals surface area (Å²) in [4.78, 5) is 33.8. The third-order valence-electron chi connectivity index (χ3n) is 2.87. The summed E-state index contributed by atoms with van der Waals surface area (Å²) in [5, 5.41) is 20.7. The number of amides is 1. The number of halogens is 2. The van der Waals surface area contributed by atoms with Crippen LogP contribution in [0.3, 0.4) is 0 Å². The van der Waals surface area contributed by atoms with E-state index >= 15 is 0 Å². The van der Waals surface area contributed by atoms with Gasteiger partial charge in [0.15, 0.2) is 0 Å².